The van der Waals surface area contributed by atoms with Gasteiger partial charge in [-0.2, -0.15) is 0 Å². The number of rotatable bonds is 5. The quantitative estimate of drug-likeness (QED) is 0.421. The number of esters is 1. The van der Waals surface area contributed by atoms with Crippen LogP contribution in [0.3, 0.4) is 0 Å². The van der Waals surface area contributed by atoms with Crippen molar-refractivity contribution in [2.24, 2.45) is 5.41 Å². The number of benzene rings is 1. The lowest BCUT2D eigenvalue weighted by molar-refractivity contribution is -0.486. The molecule has 0 spiro atoms. The molecule has 0 aliphatic carbocycles. The zero-order valence-corrected chi connectivity index (χ0v) is 17.6. The summed E-state index contributed by atoms with van der Waals surface area (Å²) in [5, 5.41) is 11.5. The molecule has 1 amide bonds. The number of hydrogen-bond acceptors (Lipinski definition) is 6. The molecule has 0 bridgehead atoms. The maximum atomic E-state index is 13.0. The van der Waals surface area contributed by atoms with Gasteiger partial charge in [-0.05, 0) is 45.6 Å². The van der Waals surface area contributed by atoms with Crippen LogP contribution < -0.4 is 0 Å². The van der Waals surface area contributed by atoms with Crippen LogP contribution in [0.2, 0.25) is 0 Å². The maximum absolute atomic E-state index is 13.0. The summed E-state index contributed by atoms with van der Waals surface area (Å²) in [7, 11) is 1.30. The fourth-order valence-electron chi connectivity index (χ4n) is 4.00. The zero-order valence-electron chi connectivity index (χ0n) is 17.6. The molecule has 0 N–H and O–H groups in total. The zero-order chi connectivity index (χ0) is 21.7. The molecule has 29 heavy (non-hydrogen) atoms. The minimum Gasteiger partial charge on any atom is -0.469 e. The molecule has 1 aliphatic heterocycles. The second-order valence-electron chi connectivity index (χ2n) is 8.45. The van der Waals surface area contributed by atoms with Gasteiger partial charge in [-0.1, -0.05) is 30.3 Å². The van der Waals surface area contributed by atoms with Gasteiger partial charge in [-0.15, -0.1) is 0 Å². The van der Waals surface area contributed by atoms with Gasteiger partial charge in [0, 0.05) is 18.0 Å². The first-order valence-corrected chi connectivity index (χ1v) is 9.82. The third-order valence-corrected chi connectivity index (χ3v) is 5.32. The lowest BCUT2D eigenvalue weighted by Crippen LogP contribution is -2.43. The molecule has 1 aromatic rings. The van der Waals surface area contributed by atoms with Gasteiger partial charge in [0.2, 0.25) is 6.54 Å². The summed E-state index contributed by atoms with van der Waals surface area (Å²) in [6.07, 6.45) is 0.748. The fourth-order valence-corrected chi connectivity index (χ4v) is 4.00. The van der Waals surface area contributed by atoms with Gasteiger partial charge in [-0.25, -0.2) is 4.79 Å². The van der Waals surface area contributed by atoms with Crippen LogP contribution in [0.1, 0.15) is 51.5 Å². The molecule has 0 radical (unpaired) electrons. The second kappa shape index (κ2) is 9.24. The number of hydrogen-bond donors (Lipinski definition) is 0. The van der Waals surface area contributed by atoms with Crippen LogP contribution in [-0.2, 0) is 14.3 Å². The first kappa shape index (κ1) is 22.6. The number of likely N-dealkylation sites (tertiary alicyclic amines) is 1. The average Bonchev–Trinajstić information content (AvgIpc) is 2.88. The third-order valence-electron chi connectivity index (χ3n) is 5.32. The van der Waals surface area contributed by atoms with E-state index in [1.54, 1.807) is 49.9 Å². The van der Waals surface area contributed by atoms with Gasteiger partial charge in [0.05, 0.1) is 18.4 Å². The molecule has 1 aromatic carbocycles. The highest BCUT2D eigenvalue weighted by Crippen LogP contribution is 2.46. The van der Waals surface area contributed by atoms with Crippen LogP contribution in [0.5, 0.6) is 0 Å². The highest BCUT2D eigenvalue weighted by atomic mass is 16.6. The predicted molar refractivity (Wildman–Crippen MR) is 107 cm³/mol. The smallest absolute Gasteiger partial charge is 0.410 e. The van der Waals surface area contributed by atoms with Gasteiger partial charge in [-0.3, -0.25) is 14.9 Å². The highest BCUT2D eigenvalue weighted by molar-refractivity contribution is 5.78. The SMILES string of the molecule is COC(=O)C1(C(C[N+](=O)[O-])c2ccccc2)CCCN(C(=O)OC(C)(C)C)CC1. The minimum atomic E-state index is -1.08. The summed E-state index contributed by atoms with van der Waals surface area (Å²) in [6, 6.07) is 9.04. The summed E-state index contributed by atoms with van der Waals surface area (Å²) in [5.74, 6) is -1.12. The fraction of sp³-hybridized carbons (Fsp3) is 0.619. The Kier molecular flexibility index (Phi) is 7.21. The molecule has 2 rings (SSSR count). The second-order valence-corrected chi connectivity index (χ2v) is 8.45. The van der Waals surface area contributed by atoms with E-state index in [2.05, 4.69) is 0 Å². The van der Waals surface area contributed by atoms with Crippen LogP contribution in [0, 0.1) is 15.5 Å². The Morgan fingerprint density at radius 2 is 1.86 bits per heavy atom. The predicted octanol–water partition coefficient (Wildman–Crippen LogP) is 3.63. The van der Waals surface area contributed by atoms with Crippen molar-refractivity contribution in [2.45, 2.75) is 51.6 Å². The molecule has 2 unspecified atom stereocenters. The molecular formula is C21H30N2O6. The van der Waals surface area contributed by atoms with E-state index in [1.807, 2.05) is 6.07 Å². The van der Waals surface area contributed by atoms with E-state index in [1.165, 1.54) is 7.11 Å². The maximum Gasteiger partial charge on any atom is 0.410 e. The molecular weight excluding hydrogens is 376 g/mol. The van der Waals surface area contributed by atoms with E-state index in [4.69, 9.17) is 9.47 Å². The Morgan fingerprint density at radius 3 is 2.41 bits per heavy atom. The number of nitro groups is 1. The largest absolute Gasteiger partial charge is 0.469 e. The van der Waals surface area contributed by atoms with Crippen molar-refractivity contribution in [1.29, 1.82) is 0 Å². The highest BCUT2D eigenvalue weighted by Gasteiger charge is 2.50. The summed E-state index contributed by atoms with van der Waals surface area (Å²) in [6.45, 7) is 5.70. The van der Waals surface area contributed by atoms with Gasteiger partial charge < -0.3 is 14.4 Å². The van der Waals surface area contributed by atoms with E-state index in [0.29, 0.717) is 19.4 Å². The van der Waals surface area contributed by atoms with Crippen molar-refractivity contribution in [2.75, 3.05) is 26.7 Å². The molecule has 160 valence electrons. The lowest BCUT2D eigenvalue weighted by atomic mass is 9.67. The Labute approximate surface area is 171 Å². The van der Waals surface area contributed by atoms with Crippen LogP contribution >= 0.6 is 0 Å². The monoisotopic (exact) mass is 406 g/mol. The van der Waals surface area contributed by atoms with E-state index >= 15 is 0 Å². The Bertz CT molecular complexity index is 730. The number of nitrogens with zero attached hydrogens (tertiary/aromatic N) is 2. The Morgan fingerprint density at radius 1 is 1.21 bits per heavy atom. The number of methoxy groups -OCH3 is 1. The van der Waals surface area contributed by atoms with Gasteiger partial charge in [0.25, 0.3) is 0 Å². The van der Waals surface area contributed by atoms with Crippen molar-refractivity contribution in [3.63, 3.8) is 0 Å². The summed E-state index contributed by atoms with van der Waals surface area (Å²) >= 11 is 0. The normalized spacial score (nSPS) is 21.0. The average molecular weight is 406 g/mol. The van der Waals surface area contributed by atoms with Gasteiger partial charge in [0.1, 0.15) is 5.60 Å². The summed E-state index contributed by atoms with van der Waals surface area (Å²) in [5.41, 5.74) is -0.985. The molecule has 8 heteroatoms. The van der Waals surface area contributed by atoms with Crippen LogP contribution in [-0.4, -0.2) is 54.2 Å². The molecule has 1 heterocycles. The standard InChI is InChI=1S/C21H30N2O6/c1-20(2,3)29-19(25)22-13-8-11-21(12-14-22,18(24)28-4)17(15-23(26)27)16-9-6-5-7-10-16/h5-7,9-10,17H,8,11-15H2,1-4H3. The van der Waals surface area contributed by atoms with Crippen molar-refractivity contribution < 1.29 is 24.0 Å². The first-order chi connectivity index (χ1) is 13.6. The summed E-state index contributed by atoms with van der Waals surface area (Å²) < 4.78 is 10.6. The van der Waals surface area contributed by atoms with E-state index in [-0.39, 0.29) is 24.4 Å². The molecule has 1 aliphatic rings. The van der Waals surface area contributed by atoms with E-state index in [9.17, 15) is 19.7 Å². The van der Waals surface area contributed by atoms with Gasteiger partial charge >= 0.3 is 12.1 Å². The lowest BCUT2D eigenvalue weighted by Gasteiger charge is -2.36. The topological polar surface area (TPSA) is 99.0 Å². The van der Waals surface area contributed by atoms with Crippen molar-refractivity contribution in [3.05, 3.63) is 46.0 Å². The van der Waals surface area contributed by atoms with E-state index < -0.39 is 29.0 Å². The molecule has 1 saturated heterocycles. The van der Waals surface area contributed by atoms with Crippen LogP contribution in [0.4, 0.5) is 4.79 Å². The van der Waals surface area contributed by atoms with Crippen LogP contribution in [0.25, 0.3) is 0 Å². The van der Waals surface area contributed by atoms with Gasteiger partial charge in [0.15, 0.2) is 0 Å². The van der Waals surface area contributed by atoms with Crippen molar-refractivity contribution >= 4 is 12.1 Å². The third kappa shape index (κ3) is 5.68. The molecule has 8 nitrogen and oxygen atoms in total. The number of amides is 1. The number of carbonyl (C=O) groups excluding carboxylic acids is 2. The molecule has 2 atom stereocenters. The number of ether oxygens (including phenoxy) is 2. The Hall–Kier alpha value is -2.64. The number of carbonyl (C=O) groups is 2. The summed E-state index contributed by atoms with van der Waals surface area (Å²) in [4.78, 5) is 38.1. The minimum absolute atomic E-state index is 0.269. The molecule has 1 fully saturated rings. The first-order valence-electron chi connectivity index (χ1n) is 9.82. The molecule has 0 saturated carbocycles. The van der Waals surface area contributed by atoms with Crippen LogP contribution in [0.15, 0.2) is 30.3 Å². The van der Waals surface area contributed by atoms with Crippen molar-refractivity contribution in [1.82, 2.24) is 4.90 Å². The van der Waals surface area contributed by atoms with Crippen molar-refractivity contribution in [3.8, 4) is 0 Å². The van der Waals surface area contributed by atoms with E-state index in [0.717, 1.165) is 5.56 Å². The Balaban J connectivity index is 2.37. The molecule has 0 aromatic heterocycles.